The molecule has 3 N–H and O–H groups in total. The van der Waals surface area contributed by atoms with Crippen molar-refractivity contribution in [2.45, 2.75) is 199 Å². The number of esters is 1. The zero-order chi connectivity index (χ0) is 39.8. The number of carbonyl (C=O) groups excluding carboxylic acids is 1. The maximum Gasteiger partial charge on any atom is 0.311 e. The topological polar surface area (TPSA) is 155 Å². The predicted molar refractivity (Wildman–Crippen MR) is 198 cm³/mol. The SMILES string of the molecule is CCC[C@@H]1OC(=O)[C@H](C)[C@@H](O[C@H]2C[C@@](C)(OC)[C@@H](O)[C@H](C)O2)[C@H](C)[C@@H](O[C@@H]2O[C@H](C)C[C@H](N(C)CC)[C@H]2O)[C@@]2(C)CC(C)C(O2)[C@H](C)[C@@H](O)[C@]1(C)OC. The number of cyclic esters (lactones) is 1. The van der Waals surface area contributed by atoms with Gasteiger partial charge in [-0.3, -0.25) is 4.79 Å². The largest absolute Gasteiger partial charge is 0.459 e. The van der Waals surface area contributed by atoms with Crippen LogP contribution >= 0.6 is 0 Å². The van der Waals surface area contributed by atoms with E-state index in [0.29, 0.717) is 25.7 Å². The zero-order valence-corrected chi connectivity index (χ0v) is 34.9. The van der Waals surface area contributed by atoms with Crippen molar-refractivity contribution in [3.63, 3.8) is 0 Å². The number of likely N-dealkylation sites (N-methyl/N-ethyl adjacent to an activating group) is 1. The van der Waals surface area contributed by atoms with Crippen LogP contribution in [0.15, 0.2) is 0 Å². The number of carbonyl (C=O) groups is 1. The summed E-state index contributed by atoms with van der Waals surface area (Å²) in [6.45, 7) is 22.0. The molecule has 13 heteroatoms. The fraction of sp³-hybridized carbons (Fsp3) is 0.975. The molecule has 0 aromatic carbocycles. The van der Waals surface area contributed by atoms with E-state index < -0.39 is 102 Å². The van der Waals surface area contributed by atoms with Gasteiger partial charge in [0.1, 0.15) is 23.9 Å². The summed E-state index contributed by atoms with van der Waals surface area (Å²) in [7, 11) is 5.07. The first-order valence-electron chi connectivity index (χ1n) is 20.1. The van der Waals surface area contributed by atoms with Gasteiger partial charge in [0.25, 0.3) is 0 Å². The van der Waals surface area contributed by atoms with Crippen LogP contribution < -0.4 is 0 Å². The van der Waals surface area contributed by atoms with E-state index in [-0.39, 0.29) is 24.5 Å². The minimum absolute atomic E-state index is 0.00233. The molecule has 4 heterocycles. The van der Waals surface area contributed by atoms with Gasteiger partial charge in [0.2, 0.25) is 0 Å². The summed E-state index contributed by atoms with van der Waals surface area (Å²) < 4.78 is 51.8. The van der Waals surface area contributed by atoms with E-state index in [1.807, 2.05) is 48.6 Å². The quantitative estimate of drug-likeness (QED) is 0.275. The summed E-state index contributed by atoms with van der Waals surface area (Å²) in [6.07, 6.45) is -5.78. The van der Waals surface area contributed by atoms with E-state index in [1.165, 1.54) is 7.11 Å². The number of hydrogen-bond acceptors (Lipinski definition) is 13. The number of hydrogen-bond donors (Lipinski definition) is 3. The van der Waals surface area contributed by atoms with Crippen molar-refractivity contribution in [1.82, 2.24) is 4.90 Å². The van der Waals surface area contributed by atoms with Gasteiger partial charge in [0.15, 0.2) is 12.6 Å². The number of ether oxygens (including phenoxy) is 8. The van der Waals surface area contributed by atoms with Gasteiger partial charge in [-0.1, -0.05) is 41.0 Å². The molecule has 0 radical (unpaired) electrons. The first kappa shape index (κ1) is 44.7. The Labute approximate surface area is 318 Å². The zero-order valence-electron chi connectivity index (χ0n) is 34.9. The summed E-state index contributed by atoms with van der Waals surface area (Å²) in [6, 6.07) is -0.198. The van der Waals surface area contributed by atoms with Crippen molar-refractivity contribution in [1.29, 1.82) is 0 Å². The molecule has 0 aromatic heterocycles. The lowest BCUT2D eigenvalue weighted by molar-refractivity contribution is -0.319. The van der Waals surface area contributed by atoms with Crippen molar-refractivity contribution in [3.05, 3.63) is 0 Å². The third-order valence-corrected chi connectivity index (χ3v) is 13.4. The van der Waals surface area contributed by atoms with Gasteiger partial charge in [0, 0.05) is 38.5 Å². The molecule has 4 rings (SSSR count). The Bertz CT molecular complexity index is 1200. The van der Waals surface area contributed by atoms with Gasteiger partial charge >= 0.3 is 5.97 Å². The number of aliphatic hydroxyl groups excluding tert-OH is 3. The molecule has 2 unspecified atom stereocenters. The first-order valence-corrected chi connectivity index (χ1v) is 20.1. The molecule has 0 aliphatic carbocycles. The fourth-order valence-corrected chi connectivity index (χ4v) is 9.71. The Balaban J connectivity index is 1.86. The minimum atomic E-state index is -1.24. The summed E-state index contributed by atoms with van der Waals surface area (Å²) in [5, 5.41) is 34.9. The van der Waals surface area contributed by atoms with Gasteiger partial charge < -0.3 is 58.1 Å². The van der Waals surface area contributed by atoms with Crippen LogP contribution in [-0.4, -0.2) is 144 Å². The smallest absolute Gasteiger partial charge is 0.311 e. The minimum Gasteiger partial charge on any atom is -0.459 e. The third kappa shape index (κ3) is 8.96. The Kier molecular flexibility index (Phi) is 14.9. The Hall–Kier alpha value is -0.970. The molecule has 0 saturated carbocycles. The molecular weight excluding hydrogens is 686 g/mol. The molecule has 0 amide bonds. The summed E-state index contributed by atoms with van der Waals surface area (Å²) in [5.74, 6) is -2.35. The number of nitrogens with zero attached hydrogens (tertiary/aromatic N) is 1. The molecule has 0 aromatic rings. The third-order valence-electron chi connectivity index (χ3n) is 13.4. The fourth-order valence-electron chi connectivity index (χ4n) is 9.71. The van der Waals surface area contributed by atoms with Gasteiger partial charge in [-0.15, -0.1) is 0 Å². The molecule has 4 saturated heterocycles. The Morgan fingerprint density at radius 1 is 0.887 bits per heavy atom. The highest BCUT2D eigenvalue weighted by Crippen LogP contribution is 2.48. The second kappa shape index (κ2) is 17.7. The van der Waals surface area contributed by atoms with Crippen LogP contribution in [0, 0.1) is 23.7 Å². The molecule has 4 fully saturated rings. The molecule has 4 aliphatic rings. The maximum atomic E-state index is 14.4. The van der Waals surface area contributed by atoms with E-state index in [2.05, 4.69) is 18.7 Å². The molecule has 13 nitrogen and oxygen atoms in total. The highest BCUT2D eigenvalue weighted by molar-refractivity contribution is 5.73. The summed E-state index contributed by atoms with van der Waals surface area (Å²) in [4.78, 5) is 16.5. The monoisotopic (exact) mass is 760 g/mol. The highest BCUT2D eigenvalue weighted by atomic mass is 16.7. The maximum absolute atomic E-state index is 14.4. The molecule has 0 spiro atoms. The average molecular weight is 760 g/mol. The molecule has 4 aliphatic heterocycles. The van der Waals surface area contributed by atoms with E-state index >= 15 is 0 Å². The van der Waals surface area contributed by atoms with E-state index in [0.717, 1.165) is 6.54 Å². The van der Waals surface area contributed by atoms with E-state index in [9.17, 15) is 20.1 Å². The van der Waals surface area contributed by atoms with Gasteiger partial charge in [0.05, 0.1) is 53.7 Å². The Morgan fingerprint density at radius 2 is 1.55 bits per heavy atom. The van der Waals surface area contributed by atoms with Crippen molar-refractivity contribution in [2.24, 2.45) is 23.7 Å². The van der Waals surface area contributed by atoms with Crippen molar-refractivity contribution >= 4 is 5.97 Å². The predicted octanol–water partition coefficient (Wildman–Crippen LogP) is 4.06. The standard InChI is InChI=1S/C40H73NO12/c1-15-17-28-40(11,47-14)33(43)23(5)31-21(3)19-39(10,53-31)35(52-37-30(42)27(41(12)16-2)18-22(4)48-37)24(6)32(25(7)36(45)50-28)51-29-20-38(9,46-13)34(44)26(8)49-29/h21-35,37,42-44H,15-20H2,1-14H3/t21?,22-,23+,24+,25-,26+,27+,28+,29+,30-,31?,32+,33-,34+,35-,37+,38-,39-,40-/m1/s1. The van der Waals surface area contributed by atoms with Crippen LogP contribution in [0.2, 0.25) is 0 Å². The normalized spacial score (nSPS) is 50.3. The second-order valence-corrected chi connectivity index (χ2v) is 17.4. The van der Waals surface area contributed by atoms with Crippen LogP contribution in [0.3, 0.4) is 0 Å². The van der Waals surface area contributed by atoms with Gasteiger partial charge in [-0.05, 0) is 80.3 Å². The van der Waals surface area contributed by atoms with Gasteiger partial charge in [-0.2, -0.15) is 0 Å². The first-order chi connectivity index (χ1) is 24.7. The van der Waals surface area contributed by atoms with E-state index in [4.69, 9.17) is 37.9 Å². The molecule has 19 atom stereocenters. The van der Waals surface area contributed by atoms with E-state index in [1.54, 1.807) is 27.9 Å². The Morgan fingerprint density at radius 3 is 2.13 bits per heavy atom. The number of aliphatic hydroxyl groups is 3. The van der Waals surface area contributed by atoms with Crippen molar-refractivity contribution < 1.29 is 58.0 Å². The number of fused-ring (bicyclic) bond motifs is 2. The molecule has 53 heavy (non-hydrogen) atoms. The summed E-state index contributed by atoms with van der Waals surface area (Å²) >= 11 is 0. The second-order valence-electron chi connectivity index (χ2n) is 17.4. The highest BCUT2D eigenvalue weighted by Gasteiger charge is 2.58. The van der Waals surface area contributed by atoms with Crippen LogP contribution in [0.4, 0.5) is 0 Å². The number of methoxy groups -OCH3 is 2. The van der Waals surface area contributed by atoms with Crippen LogP contribution in [-0.2, 0) is 42.7 Å². The van der Waals surface area contributed by atoms with Crippen molar-refractivity contribution in [3.8, 4) is 0 Å². The number of rotatable bonds is 10. The molecule has 2 bridgehead atoms. The van der Waals surface area contributed by atoms with Crippen LogP contribution in [0.5, 0.6) is 0 Å². The van der Waals surface area contributed by atoms with Gasteiger partial charge in [-0.25, -0.2) is 0 Å². The van der Waals surface area contributed by atoms with Crippen molar-refractivity contribution in [2.75, 3.05) is 27.8 Å². The van der Waals surface area contributed by atoms with Crippen LogP contribution in [0.25, 0.3) is 0 Å². The lowest BCUT2D eigenvalue weighted by Crippen LogP contribution is -2.60. The lowest BCUT2D eigenvalue weighted by Gasteiger charge is -2.49. The summed E-state index contributed by atoms with van der Waals surface area (Å²) in [5.41, 5.74) is -3.17. The lowest BCUT2D eigenvalue weighted by atomic mass is 9.76. The molecular formula is C40H73NO12. The molecule has 310 valence electrons. The average Bonchev–Trinajstić information content (AvgIpc) is 3.44. The van der Waals surface area contributed by atoms with Crippen LogP contribution in [0.1, 0.15) is 108 Å².